The molecule has 34 heavy (non-hydrogen) atoms. The Morgan fingerprint density at radius 1 is 0.735 bits per heavy atom. The molecular weight excluding hydrogens is 440 g/mol. The fraction of sp³-hybridized carbons (Fsp3) is 0.846. The van der Waals surface area contributed by atoms with Gasteiger partial charge in [0.2, 0.25) is 0 Å². The van der Waals surface area contributed by atoms with Gasteiger partial charge in [0, 0.05) is 0 Å². The van der Waals surface area contributed by atoms with E-state index in [2.05, 4.69) is 6.92 Å². The summed E-state index contributed by atoms with van der Waals surface area (Å²) >= 11 is 0. The zero-order valence-electron chi connectivity index (χ0n) is 22.2. The van der Waals surface area contributed by atoms with Crippen LogP contribution >= 0.6 is 0 Å². The molecule has 0 aromatic heterocycles. The average Bonchev–Trinajstić information content (AvgIpc) is 2.81. The largest absolute Gasteiger partial charge is 0.481 e. The first kappa shape index (κ1) is 31.9. The maximum Gasteiger partial charge on any atom is 0.311 e. The van der Waals surface area contributed by atoms with Gasteiger partial charge >= 0.3 is 23.9 Å². The third kappa shape index (κ3) is 11.3. The predicted octanol–water partition coefficient (Wildman–Crippen LogP) is 5.17. The summed E-state index contributed by atoms with van der Waals surface area (Å²) in [5.41, 5.74) is -0.866. The lowest BCUT2D eigenvalue weighted by molar-refractivity contribution is -0.164. The molecule has 8 heteroatoms. The fourth-order valence-corrected chi connectivity index (χ4v) is 3.08. The van der Waals surface area contributed by atoms with Gasteiger partial charge < -0.3 is 19.3 Å². The van der Waals surface area contributed by atoms with Crippen molar-refractivity contribution in [1.29, 1.82) is 0 Å². The summed E-state index contributed by atoms with van der Waals surface area (Å²) in [6, 6.07) is 0. The SMILES string of the molecule is CCC(C)(C)C(=O)OCCOC(=O)C1CCCCC1C(=O)O.CCCCOC(=O)C(C)(C)CC. The van der Waals surface area contributed by atoms with Crippen LogP contribution in [0.25, 0.3) is 0 Å². The van der Waals surface area contributed by atoms with Crippen molar-refractivity contribution >= 4 is 23.9 Å². The first-order chi connectivity index (χ1) is 15.8. The van der Waals surface area contributed by atoms with E-state index in [1.165, 1.54) is 0 Å². The summed E-state index contributed by atoms with van der Waals surface area (Å²) in [5.74, 6) is -3.10. The van der Waals surface area contributed by atoms with E-state index >= 15 is 0 Å². The van der Waals surface area contributed by atoms with Crippen molar-refractivity contribution in [2.75, 3.05) is 19.8 Å². The highest BCUT2D eigenvalue weighted by molar-refractivity contribution is 5.81. The zero-order valence-corrected chi connectivity index (χ0v) is 22.2. The third-order valence-electron chi connectivity index (χ3n) is 6.55. The standard InChI is InChI=1S/C16H26O6.C10H20O2/c1-4-16(2,3)15(20)22-10-9-21-14(19)12-8-6-5-7-11(12)13(17)18;1-5-7-8-12-9(11)10(3,4)6-2/h11-12H,4-10H2,1-3H3,(H,17,18);5-8H2,1-4H3. The van der Waals surface area contributed by atoms with Crippen molar-refractivity contribution in [3.8, 4) is 0 Å². The van der Waals surface area contributed by atoms with Crippen molar-refractivity contribution in [1.82, 2.24) is 0 Å². The molecule has 1 rings (SSSR count). The average molecular weight is 487 g/mol. The minimum atomic E-state index is -0.947. The highest BCUT2D eigenvalue weighted by Crippen LogP contribution is 2.31. The first-order valence-electron chi connectivity index (χ1n) is 12.6. The normalized spacial score (nSPS) is 18.2. The van der Waals surface area contributed by atoms with Crippen LogP contribution in [0.1, 0.15) is 99.8 Å². The van der Waals surface area contributed by atoms with Gasteiger partial charge in [0.15, 0.2) is 0 Å². The van der Waals surface area contributed by atoms with Crippen LogP contribution in [-0.2, 0) is 33.4 Å². The van der Waals surface area contributed by atoms with Gasteiger partial charge in [0.25, 0.3) is 0 Å². The summed E-state index contributed by atoms with van der Waals surface area (Å²) in [6.07, 6.45) is 6.23. The summed E-state index contributed by atoms with van der Waals surface area (Å²) in [7, 11) is 0. The topological polar surface area (TPSA) is 116 Å². The van der Waals surface area contributed by atoms with E-state index in [0.717, 1.165) is 32.1 Å². The quantitative estimate of drug-likeness (QED) is 0.228. The lowest BCUT2D eigenvalue weighted by Crippen LogP contribution is -2.34. The Bertz CT molecular complexity index is 653. The van der Waals surface area contributed by atoms with Crippen LogP contribution in [0.15, 0.2) is 0 Å². The van der Waals surface area contributed by atoms with Crippen molar-refractivity contribution in [2.45, 2.75) is 99.8 Å². The van der Waals surface area contributed by atoms with Crippen molar-refractivity contribution in [3.05, 3.63) is 0 Å². The molecule has 1 fully saturated rings. The monoisotopic (exact) mass is 486 g/mol. The van der Waals surface area contributed by atoms with Crippen LogP contribution in [0.5, 0.6) is 0 Å². The van der Waals surface area contributed by atoms with Crippen LogP contribution < -0.4 is 0 Å². The molecular formula is C26H46O8. The van der Waals surface area contributed by atoms with Crippen molar-refractivity contribution in [3.63, 3.8) is 0 Å². The minimum Gasteiger partial charge on any atom is -0.481 e. The fourth-order valence-electron chi connectivity index (χ4n) is 3.08. The molecule has 0 radical (unpaired) electrons. The summed E-state index contributed by atoms with van der Waals surface area (Å²) in [4.78, 5) is 46.2. The van der Waals surface area contributed by atoms with E-state index < -0.39 is 29.2 Å². The van der Waals surface area contributed by atoms with Crippen LogP contribution in [0, 0.1) is 22.7 Å². The van der Waals surface area contributed by atoms with Gasteiger partial charge in [0.05, 0.1) is 29.3 Å². The van der Waals surface area contributed by atoms with Crippen LogP contribution in [0.3, 0.4) is 0 Å². The molecule has 0 aromatic carbocycles. The third-order valence-corrected chi connectivity index (χ3v) is 6.55. The number of aliphatic carboxylic acids is 1. The molecule has 0 aliphatic heterocycles. The van der Waals surface area contributed by atoms with Gasteiger partial charge in [-0.05, 0) is 59.8 Å². The van der Waals surface area contributed by atoms with Crippen molar-refractivity contribution in [2.24, 2.45) is 22.7 Å². The van der Waals surface area contributed by atoms with Gasteiger partial charge in [-0.15, -0.1) is 0 Å². The second kappa shape index (κ2) is 15.7. The molecule has 0 saturated heterocycles. The van der Waals surface area contributed by atoms with Crippen LogP contribution in [0.2, 0.25) is 0 Å². The Labute approximate surface area is 205 Å². The molecule has 1 N–H and O–H groups in total. The molecule has 0 bridgehead atoms. The Morgan fingerprint density at radius 2 is 1.18 bits per heavy atom. The van der Waals surface area contributed by atoms with E-state index in [1.54, 1.807) is 13.8 Å². The second-order valence-electron chi connectivity index (χ2n) is 10.1. The number of rotatable bonds is 12. The molecule has 0 heterocycles. The Balaban J connectivity index is 0.000000770. The highest BCUT2D eigenvalue weighted by atomic mass is 16.6. The molecule has 8 nitrogen and oxygen atoms in total. The predicted molar refractivity (Wildman–Crippen MR) is 129 cm³/mol. The Kier molecular flexibility index (Phi) is 14.7. The van der Waals surface area contributed by atoms with Gasteiger partial charge in [-0.2, -0.15) is 0 Å². The highest BCUT2D eigenvalue weighted by Gasteiger charge is 2.37. The number of hydrogen-bond donors (Lipinski definition) is 1. The summed E-state index contributed by atoms with van der Waals surface area (Å²) in [5, 5.41) is 9.14. The lowest BCUT2D eigenvalue weighted by atomic mass is 9.79. The van der Waals surface area contributed by atoms with Gasteiger partial charge in [-0.3, -0.25) is 19.2 Å². The van der Waals surface area contributed by atoms with E-state index in [0.29, 0.717) is 25.9 Å². The molecule has 0 amide bonds. The van der Waals surface area contributed by atoms with E-state index in [-0.39, 0.29) is 30.6 Å². The number of carboxylic acids is 1. The van der Waals surface area contributed by atoms with Crippen LogP contribution in [-0.4, -0.2) is 48.8 Å². The van der Waals surface area contributed by atoms with E-state index in [4.69, 9.17) is 19.3 Å². The smallest absolute Gasteiger partial charge is 0.311 e. The first-order valence-corrected chi connectivity index (χ1v) is 12.6. The van der Waals surface area contributed by atoms with E-state index in [9.17, 15) is 19.2 Å². The number of esters is 3. The van der Waals surface area contributed by atoms with Gasteiger partial charge in [-0.1, -0.05) is 40.0 Å². The molecule has 1 aliphatic rings. The Hall–Kier alpha value is -2.12. The van der Waals surface area contributed by atoms with Crippen LogP contribution in [0.4, 0.5) is 0 Å². The zero-order chi connectivity index (χ0) is 26.4. The molecule has 1 saturated carbocycles. The van der Waals surface area contributed by atoms with Gasteiger partial charge in [-0.25, -0.2) is 0 Å². The molecule has 1 aliphatic carbocycles. The second-order valence-corrected chi connectivity index (χ2v) is 10.1. The molecule has 2 atom stereocenters. The maximum absolute atomic E-state index is 12.0. The molecule has 198 valence electrons. The Morgan fingerprint density at radius 3 is 1.62 bits per heavy atom. The maximum atomic E-state index is 12.0. The van der Waals surface area contributed by atoms with Crippen molar-refractivity contribution < 1.29 is 38.5 Å². The molecule has 2 unspecified atom stereocenters. The lowest BCUT2D eigenvalue weighted by Gasteiger charge is -2.26. The number of ether oxygens (including phenoxy) is 3. The number of unbranched alkanes of at least 4 members (excludes halogenated alkanes) is 1. The van der Waals surface area contributed by atoms with E-state index in [1.807, 2.05) is 27.7 Å². The minimum absolute atomic E-state index is 0.00153. The number of carbonyl (C=O) groups excluding carboxylic acids is 3. The van der Waals surface area contributed by atoms with Gasteiger partial charge in [0.1, 0.15) is 13.2 Å². The summed E-state index contributed by atoms with van der Waals surface area (Å²) < 4.78 is 15.3. The number of hydrogen-bond acceptors (Lipinski definition) is 7. The summed E-state index contributed by atoms with van der Waals surface area (Å²) in [6.45, 7) is 13.9. The molecule has 0 aromatic rings. The number of carboxylic acid groups (broad SMARTS) is 1. The number of carbonyl (C=O) groups is 4. The molecule has 0 spiro atoms.